The van der Waals surface area contributed by atoms with E-state index in [0.717, 1.165) is 10.0 Å². The van der Waals surface area contributed by atoms with Crippen molar-refractivity contribution in [3.8, 4) is 0 Å². The molecule has 1 rings (SSSR count). The van der Waals surface area contributed by atoms with Crippen molar-refractivity contribution in [1.29, 1.82) is 0 Å². The van der Waals surface area contributed by atoms with Crippen LogP contribution in [0, 0.1) is 0 Å². The topological polar surface area (TPSA) is 56.3 Å². The highest BCUT2D eigenvalue weighted by Gasteiger charge is 2.16. The van der Waals surface area contributed by atoms with E-state index in [4.69, 9.17) is 0 Å². The zero-order chi connectivity index (χ0) is 12.8. The van der Waals surface area contributed by atoms with Gasteiger partial charge in [0.05, 0.1) is 19.3 Å². The van der Waals surface area contributed by atoms with Crippen LogP contribution in [0.1, 0.15) is 18.9 Å². The summed E-state index contributed by atoms with van der Waals surface area (Å²) in [5.74, 6) is 0.0585. The molecule has 6 heteroatoms. The van der Waals surface area contributed by atoms with E-state index >= 15 is 0 Å². The van der Waals surface area contributed by atoms with Crippen LogP contribution in [0.4, 0.5) is 0 Å². The number of hydrogen-bond acceptors (Lipinski definition) is 4. The number of carbonyl (C=O) groups is 1. The number of halogens is 1. The molecule has 0 spiro atoms. The maximum absolute atomic E-state index is 11.9. The van der Waals surface area contributed by atoms with Crippen molar-refractivity contribution in [2.45, 2.75) is 24.3 Å². The molecule has 1 aromatic heterocycles. The quantitative estimate of drug-likeness (QED) is 0.779. The van der Waals surface area contributed by atoms with E-state index in [1.165, 1.54) is 7.11 Å². The van der Waals surface area contributed by atoms with Crippen LogP contribution in [0.25, 0.3) is 0 Å². The fourth-order valence-corrected chi connectivity index (χ4v) is 2.76. The molecule has 0 aliphatic carbocycles. The summed E-state index contributed by atoms with van der Waals surface area (Å²) in [6.07, 6.45) is 3.52. The Morgan fingerprint density at radius 3 is 2.88 bits per heavy atom. The summed E-state index contributed by atoms with van der Waals surface area (Å²) < 4.78 is 17.3. The molecule has 4 nitrogen and oxygen atoms in total. The summed E-state index contributed by atoms with van der Waals surface area (Å²) in [5, 5.41) is -0.221. The third-order valence-corrected chi connectivity index (χ3v) is 4.32. The lowest BCUT2D eigenvalue weighted by Crippen LogP contribution is -2.18. The van der Waals surface area contributed by atoms with Crippen molar-refractivity contribution in [2.75, 3.05) is 7.11 Å². The number of nitrogens with zero attached hydrogens (tertiary/aromatic N) is 1. The van der Waals surface area contributed by atoms with Gasteiger partial charge in [0.25, 0.3) is 0 Å². The monoisotopic (exact) mass is 319 g/mol. The van der Waals surface area contributed by atoms with Crippen LogP contribution in [-0.4, -0.2) is 27.5 Å². The minimum absolute atomic E-state index is 0.171. The lowest BCUT2D eigenvalue weighted by molar-refractivity contribution is -0.140. The Kier molecular flexibility index (Phi) is 5.77. The second-order valence-corrected chi connectivity index (χ2v) is 6.40. The lowest BCUT2D eigenvalue weighted by atomic mass is 10.3. The highest BCUT2D eigenvalue weighted by molar-refractivity contribution is 9.10. The number of carbonyl (C=O) groups excluding carboxylic acids is 1. The molecule has 2 atom stereocenters. The van der Waals surface area contributed by atoms with Gasteiger partial charge in [0.2, 0.25) is 0 Å². The lowest BCUT2D eigenvalue weighted by Gasteiger charge is -2.10. The largest absolute Gasteiger partial charge is 0.469 e. The number of aromatic nitrogens is 1. The third kappa shape index (κ3) is 4.95. The Bertz CT molecular complexity index is 425. The summed E-state index contributed by atoms with van der Waals surface area (Å²) >= 11 is 3.31. The molecule has 0 saturated heterocycles. The van der Waals surface area contributed by atoms with Gasteiger partial charge in [-0.15, -0.1) is 0 Å². The maximum Gasteiger partial charge on any atom is 0.306 e. The number of hydrogen-bond donors (Lipinski definition) is 0. The molecule has 0 radical (unpaired) electrons. The van der Waals surface area contributed by atoms with Crippen molar-refractivity contribution in [1.82, 2.24) is 4.98 Å². The Labute approximate surface area is 111 Å². The number of pyridine rings is 1. The molecule has 2 unspecified atom stereocenters. The molecule has 1 aromatic rings. The number of methoxy groups -OCH3 is 1. The first-order chi connectivity index (χ1) is 8.02. The van der Waals surface area contributed by atoms with Crippen molar-refractivity contribution < 1.29 is 13.7 Å². The summed E-state index contributed by atoms with van der Waals surface area (Å²) in [5.41, 5.74) is 0.884. The Balaban J connectivity index is 2.57. The van der Waals surface area contributed by atoms with Crippen molar-refractivity contribution in [2.24, 2.45) is 0 Å². The van der Waals surface area contributed by atoms with E-state index in [1.807, 2.05) is 6.07 Å². The van der Waals surface area contributed by atoms with Crippen LogP contribution < -0.4 is 0 Å². The molecule has 17 heavy (non-hydrogen) atoms. The second kappa shape index (κ2) is 6.86. The van der Waals surface area contributed by atoms with Gasteiger partial charge in [-0.25, -0.2) is 0 Å². The zero-order valence-corrected chi connectivity index (χ0v) is 12.1. The van der Waals surface area contributed by atoms with Gasteiger partial charge >= 0.3 is 5.97 Å². The molecule has 0 amide bonds. The van der Waals surface area contributed by atoms with Gasteiger partial charge in [-0.05, 0) is 27.6 Å². The van der Waals surface area contributed by atoms with E-state index in [1.54, 1.807) is 19.3 Å². The molecular formula is C11H14BrNO3S. The standard InChI is InChI=1S/C11H14BrNO3S/c1-8(3-11(14)16-2)17(15)7-9-4-10(12)6-13-5-9/h4-6,8H,3,7H2,1-2H3. The minimum Gasteiger partial charge on any atom is -0.469 e. The predicted octanol–water partition coefficient (Wildman–Crippen LogP) is 2.04. The van der Waals surface area contributed by atoms with Gasteiger partial charge in [0, 0.05) is 32.9 Å². The normalized spacial score (nSPS) is 14.1. The van der Waals surface area contributed by atoms with E-state index in [2.05, 4.69) is 25.7 Å². The number of esters is 1. The Morgan fingerprint density at radius 2 is 2.29 bits per heavy atom. The smallest absolute Gasteiger partial charge is 0.306 e. The van der Waals surface area contributed by atoms with Crippen molar-refractivity contribution in [3.63, 3.8) is 0 Å². The van der Waals surface area contributed by atoms with Crippen LogP contribution in [0.5, 0.6) is 0 Å². The highest BCUT2D eigenvalue weighted by Crippen LogP contribution is 2.14. The molecule has 0 saturated carbocycles. The fourth-order valence-electron chi connectivity index (χ4n) is 1.25. The summed E-state index contributed by atoms with van der Waals surface area (Å²) in [6.45, 7) is 1.78. The van der Waals surface area contributed by atoms with Crippen LogP contribution >= 0.6 is 15.9 Å². The average Bonchev–Trinajstić information content (AvgIpc) is 2.28. The van der Waals surface area contributed by atoms with E-state index in [0.29, 0.717) is 5.75 Å². The third-order valence-electron chi connectivity index (χ3n) is 2.20. The van der Waals surface area contributed by atoms with E-state index < -0.39 is 10.8 Å². The molecule has 1 heterocycles. The molecule has 0 aliphatic heterocycles. The number of ether oxygens (including phenoxy) is 1. The summed E-state index contributed by atoms with van der Waals surface area (Å²) in [4.78, 5) is 15.1. The Hall–Kier alpha value is -0.750. The molecule has 0 N–H and O–H groups in total. The maximum atomic E-state index is 11.9. The van der Waals surface area contributed by atoms with E-state index in [9.17, 15) is 9.00 Å². The molecule has 0 aliphatic rings. The first-order valence-corrected chi connectivity index (χ1v) is 7.24. The van der Waals surface area contributed by atoms with Gasteiger partial charge in [0.15, 0.2) is 0 Å². The molecule has 0 fully saturated rings. The Morgan fingerprint density at radius 1 is 1.59 bits per heavy atom. The van der Waals surface area contributed by atoms with Crippen molar-refractivity contribution in [3.05, 3.63) is 28.5 Å². The zero-order valence-electron chi connectivity index (χ0n) is 9.68. The van der Waals surface area contributed by atoms with Crippen molar-refractivity contribution >= 4 is 32.7 Å². The first-order valence-electron chi connectivity index (χ1n) is 5.06. The highest BCUT2D eigenvalue weighted by atomic mass is 79.9. The molecular weight excluding hydrogens is 306 g/mol. The molecule has 0 bridgehead atoms. The second-order valence-electron chi connectivity index (χ2n) is 3.63. The summed E-state index contributed by atoms with van der Waals surface area (Å²) in [7, 11) is 0.222. The van der Waals surface area contributed by atoms with Crippen LogP contribution in [0.3, 0.4) is 0 Å². The van der Waals surface area contributed by atoms with Gasteiger partial charge in [-0.1, -0.05) is 6.92 Å². The van der Waals surface area contributed by atoms with E-state index in [-0.39, 0.29) is 17.6 Å². The van der Waals surface area contributed by atoms with Gasteiger partial charge < -0.3 is 4.74 Å². The first kappa shape index (κ1) is 14.3. The SMILES string of the molecule is COC(=O)CC(C)S(=O)Cc1cncc(Br)c1. The number of rotatable bonds is 5. The van der Waals surface area contributed by atoms with Crippen LogP contribution in [0.2, 0.25) is 0 Å². The van der Waals surface area contributed by atoms with Gasteiger partial charge in [-0.3, -0.25) is 14.0 Å². The average molecular weight is 320 g/mol. The van der Waals surface area contributed by atoms with Crippen LogP contribution in [0.15, 0.2) is 22.9 Å². The molecule has 0 aromatic carbocycles. The fraction of sp³-hybridized carbons (Fsp3) is 0.455. The minimum atomic E-state index is -1.11. The van der Waals surface area contributed by atoms with Gasteiger partial charge in [0.1, 0.15) is 0 Å². The molecule has 94 valence electrons. The van der Waals surface area contributed by atoms with Gasteiger partial charge in [-0.2, -0.15) is 0 Å². The predicted molar refractivity (Wildman–Crippen MR) is 69.9 cm³/mol. The van der Waals surface area contributed by atoms with Crippen LogP contribution in [-0.2, 0) is 26.1 Å². The summed E-state index contributed by atoms with van der Waals surface area (Å²) in [6, 6.07) is 1.87.